The molecule has 2 N–H and O–H groups in total. The minimum Gasteiger partial charge on any atom is -0.382 e. The van der Waals surface area contributed by atoms with Crippen LogP contribution in [0.25, 0.3) is 0 Å². The van der Waals surface area contributed by atoms with Gasteiger partial charge in [0, 0.05) is 16.6 Å². The van der Waals surface area contributed by atoms with Gasteiger partial charge in [0.1, 0.15) is 0 Å². The number of halogens is 4. The minimum atomic E-state index is -4.32. The summed E-state index contributed by atoms with van der Waals surface area (Å²) in [6, 6.07) is 4.97. The van der Waals surface area contributed by atoms with E-state index >= 15 is 0 Å². The molecule has 1 saturated heterocycles. The lowest BCUT2D eigenvalue weighted by atomic mass is 10.1. The fourth-order valence-corrected chi connectivity index (χ4v) is 2.83. The van der Waals surface area contributed by atoms with Gasteiger partial charge < -0.3 is 10.6 Å². The maximum Gasteiger partial charge on any atom is 0.446 e. The number of thioether (sulfide) groups is 1. The van der Waals surface area contributed by atoms with Crippen molar-refractivity contribution in [2.24, 2.45) is 0 Å². The van der Waals surface area contributed by atoms with Crippen LogP contribution in [-0.2, 0) is 0 Å². The lowest BCUT2D eigenvalue weighted by Crippen LogP contribution is -2.35. The van der Waals surface area contributed by atoms with E-state index in [2.05, 4.69) is 10.6 Å². The van der Waals surface area contributed by atoms with Crippen LogP contribution in [0.4, 0.5) is 18.9 Å². The van der Waals surface area contributed by atoms with Crippen molar-refractivity contribution >= 4 is 29.1 Å². The normalized spacial score (nSPS) is 17.5. The Kier molecular flexibility index (Phi) is 4.86. The first-order valence-electron chi connectivity index (χ1n) is 5.96. The lowest BCUT2D eigenvalue weighted by molar-refractivity contribution is -0.0328. The molecule has 7 heteroatoms. The van der Waals surface area contributed by atoms with Gasteiger partial charge in [0.2, 0.25) is 0 Å². The molecule has 1 heterocycles. The van der Waals surface area contributed by atoms with Crippen LogP contribution in [0.1, 0.15) is 12.8 Å². The summed E-state index contributed by atoms with van der Waals surface area (Å²) in [6.07, 6.45) is 1.93. The Labute approximate surface area is 119 Å². The van der Waals surface area contributed by atoms with Gasteiger partial charge in [-0.3, -0.25) is 0 Å². The monoisotopic (exact) mass is 310 g/mol. The molecular formula is C12H14ClF3N2S. The minimum absolute atomic E-state index is 0.0353. The second-order valence-electron chi connectivity index (χ2n) is 4.36. The van der Waals surface area contributed by atoms with Crippen molar-refractivity contribution in [2.45, 2.75) is 29.3 Å². The zero-order valence-corrected chi connectivity index (χ0v) is 11.6. The Hall–Kier alpha value is -0.590. The van der Waals surface area contributed by atoms with Crippen LogP contribution in [0.2, 0.25) is 5.02 Å². The highest BCUT2D eigenvalue weighted by Gasteiger charge is 2.30. The summed E-state index contributed by atoms with van der Waals surface area (Å²) in [4.78, 5) is 0.0353. The fraction of sp³-hybridized carbons (Fsp3) is 0.500. The molecule has 0 atom stereocenters. The van der Waals surface area contributed by atoms with Crippen LogP contribution >= 0.6 is 23.4 Å². The molecule has 1 aromatic carbocycles. The van der Waals surface area contributed by atoms with Gasteiger partial charge >= 0.3 is 5.51 Å². The molecule has 0 aromatic heterocycles. The molecule has 0 bridgehead atoms. The van der Waals surface area contributed by atoms with Crippen LogP contribution in [0.5, 0.6) is 0 Å². The highest BCUT2D eigenvalue weighted by molar-refractivity contribution is 8.00. The highest BCUT2D eigenvalue weighted by atomic mass is 35.5. The van der Waals surface area contributed by atoms with Crippen molar-refractivity contribution in [1.29, 1.82) is 0 Å². The second kappa shape index (κ2) is 6.24. The zero-order chi connectivity index (χ0) is 13.9. The Morgan fingerprint density at radius 2 is 1.95 bits per heavy atom. The standard InChI is InChI=1S/C12H14ClF3N2S/c13-10-2-1-9(7-11(10)19-12(14,15)16)18-8-3-5-17-6-4-8/h1-2,7-8,17-18H,3-6H2. The molecule has 2 nitrogen and oxygen atoms in total. The summed E-state index contributed by atoms with van der Waals surface area (Å²) >= 11 is 5.61. The highest BCUT2D eigenvalue weighted by Crippen LogP contribution is 2.41. The Morgan fingerprint density at radius 3 is 2.58 bits per heavy atom. The summed E-state index contributed by atoms with van der Waals surface area (Å²) in [5, 5.41) is 6.62. The van der Waals surface area contributed by atoms with Crippen LogP contribution in [0.3, 0.4) is 0 Å². The molecule has 0 spiro atoms. The first-order valence-corrected chi connectivity index (χ1v) is 7.16. The molecule has 19 heavy (non-hydrogen) atoms. The largest absolute Gasteiger partial charge is 0.446 e. The number of alkyl halides is 3. The molecule has 0 aliphatic carbocycles. The summed E-state index contributed by atoms with van der Waals surface area (Å²) in [5.74, 6) is 0. The fourth-order valence-electron chi connectivity index (χ4n) is 2.00. The SMILES string of the molecule is FC(F)(F)Sc1cc(NC2CCNCC2)ccc1Cl. The molecule has 1 aliphatic rings. The molecule has 106 valence electrons. The lowest BCUT2D eigenvalue weighted by Gasteiger charge is -2.25. The molecule has 2 rings (SSSR count). The van der Waals surface area contributed by atoms with Gasteiger partial charge in [-0.05, 0) is 55.9 Å². The van der Waals surface area contributed by atoms with E-state index in [-0.39, 0.29) is 21.7 Å². The number of anilines is 1. The van der Waals surface area contributed by atoms with Gasteiger partial charge in [-0.1, -0.05) is 11.6 Å². The average molecular weight is 311 g/mol. The van der Waals surface area contributed by atoms with Gasteiger partial charge in [0.25, 0.3) is 0 Å². The van der Waals surface area contributed by atoms with Gasteiger partial charge in [0.05, 0.1) is 5.02 Å². The summed E-state index contributed by atoms with van der Waals surface area (Å²) < 4.78 is 37.2. The van der Waals surface area contributed by atoms with Crippen LogP contribution in [0, 0.1) is 0 Å². The number of nitrogens with one attached hydrogen (secondary N) is 2. The van der Waals surface area contributed by atoms with Crippen molar-refractivity contribution in [3.05, 3.63) is 23.2 Å². The van der Waals surface area contributed by atoms with E-state index in [9.17, 15) is 13.2 Å². The van der Waals surface area contributed by atoms with E-state index in [0.717, 1.165) is 25.9 Å². The maximum absolute atomic E-state index is 12.4. The van der Waals surface area contributed by atoms with E-state index in [1.807, 2.05) is 0 Å². The van der Waals surface area contributed by atoms with Crippen molar-refractivity contribution in [3.63, 3.8) is 0 Å². The average Bonchev–Trinajstić information content (AvgIpc) is 2.33. The topological polar surface area (TPSA) is 24.1 Å². The Balaban J connectivity index is 2.07. The van der Waals surface area contributed by atoms with E-state index in [4.69, 9.17) is 11.6 Å². The van der Waals surface area contributed by atoms with Crippen molar-refractivity contribution in [2.75, 3.05) is 18.4 Å². The third kappa shape index (κ3) is 4.78. The molecule has 0 saturated carbocycles. The zero-order valence-electron chi connectivity index (χ0n) is 10.1. The molecule has 0 unspecified atom stereocenters. The molecule has 0 amide bonds. The van der Waals surface area contributed by atoms with E-state index in [1.54, 1.807) is 6.07 Å². The van der Waals surface area contributed by atoms with Crippen LogP contribution in [0.15, 0.2) is 23.1 Å². The summed E-state index contributed by atoms with van der Waals surface area (Å²) in [7, 11) is 0. The van der Waals surface area contributed by atoms with Crippen LogP contribution < -0.4 is 10.6 Å². The number of hydrogen-bond acceptors (Lipinski definition) is 3. The van der Waals surface area contributed by atoms with Crippen molar-refractivity contribution in [1.82, 2.24) is 5.32 Å². The maximum atomic E-state index is 12.4. The third-order valence-corrected chi connectivity index (χ3v) is 4.10. The number of benzene rings is 1. The van der Waals surface area contributed by atoms with Crippen molar-refractivity contribution < 1.29 is 13.2 Å². The summed E-state index contributed by atoms with van der Waals surface area (Å²) in [5.41, 5.74) is -3.64. The summed E-state index contributed by atoms with van der Waals surface area (Å²) in [6.45, 7) is 1.85. The molecular weight excluding hydrogens is 297 g/mol. The van der Waals surface area contributed by atoms with Crippen LogP contribution in [-0.4, -0.2) is 24.6 Å². The van der Waals surface area contributed by atoms with Gasteiger partial charge in [-0.2, -0.15) is 13.2 Å². The molecule has 0 radical (unpaired) electrons. The molecule has 1 aromatic rings. The smallest absolute Gasteiger partial charge is 0.382 e. The van der Waals surface area contributed by atoms with Gasteiger partial charge in [-0.15, -0.1) is 0 Å². The van der Waals surface area contributed by atoms with Crippen molar-refractivity contribution in [3.8, 4) is 0 Å². The van der Waals surface area contributed by atoms with E-state index in [0.29, 0.717) is 11.7 Å². The quantitative estimate of drug-likeness (QED) is 0.821. The number of rotatable bonds is 3. The van der Waals surface area contributed by atoms with E-state index < -0.39 is 5.51 Å². The van der Waals surface area contributed by atoms with E-state index in [1.165, 1.54) is 12.1 Å². The first-order chi connectivity index (χ1) is 8.94. The first kappa shape index (κ1) is 14.8. The molecule has 1 aliphatic heterocycles. The Morgan fingerprint density at radius 1 is 1.26 bits per heavy atom. The number of piperidine rings is 1. The predicted octanol–water partition coefficient (Wildman–Crippen LogP) is 4.12. The Bertz CT molecular complexity index is 433. The molecule has 1 fully saturated rings. The number of hydrogen-bond donors (Lipinski definition) is 2. The third-order valence-electron chi connectivity index (χ3n) is 2.87. The van der Waals surface area contributed by atoms with Gasteiger partial charge in [0.15, 0.2) is 0 Å². The van der Waals surface area contributed by atoms with Gasteiger partial charge in [-0.25, -0.2) is 0 Å². The second-order valence-corrected chi connectivity index (χ2v) is 5.88. The predicted molar refractivity (Wildman–Crippen MR) is 72.9 cm³/mol.